The van der Waals surface area contributed by atoms with E-state index in [2.05, 4.69) is 0 Å². The summed E-state index contributed by atoms with van der Waals surface area (Å²) in [6.07, 6.45) is 0.698. The van der Waals surface area contributed by atoms with Crippen molar-refractivity contribution in [2.75, 3.05) is 26.0 Å². The summed E-state index contributed by atoms with van der Waals surface area (Å²) in [6.45, 7) is 1.13. The molecule has 0 saturated carbocycles. The number of carbonyl (C=O) groups is 2. The van der Waals surface area contributed by atoms with Crippen LogP contribution in [0.5, 0.6) is 0 Å². The van der Waals surface area contributed by atoms with Crippen LogP contribution in [-0.4, -0.2) is 42.7 Å². The lowest BCUT2D eigenvalue weighted by atomic mass is 10.1. The first-order valence-corrected chi connectivity index (χ1v) is 8.62. The van der Waals surface area contributed by atoms with Crippen molar-refractivity contribution in [3.8, 4) is 0 Å². The second-order valence-electron chi connectivity index (χ2n) is 4.55. The van der Waals surface area contributed by atoms with Crippen molar-refractivity contribution in [2.24, 2.45) is 5.92 Å². The van der Waals surface area contributed by atoms with E-state index in [1.807, 2.05) is 12.1 Å². The highest BCUT2D eigenvalue weighted by atomic mass is 35.5. The van der Waals surface area contributed by atoms with Crippen LogP contribution < -0.4 is 0 Å². The number of hydrogen-bond acceptors (Lipinski definition) is 5. The molecule has 1 aromatic heterocycles. The maximum Gasteiger partial charge on any atom is 0.310 e. The minimum absolute atomic E-state index is 0.0871. The second-order valence-corrected chi connectivity index (χ2v) is 7.33. The van der Waals surface area contributed by atoms with Crippen LogP contribution in [0.4, 0.5) is 0 Å². The molecule has 0 bridgehead atoms. The zero-order chi connectivity index (χ0) is 14.5. The standard InChI is InChI=1S/C13H16ClNO3S2/c1-18-13(17)9-4-5-15(6-9)12(16)8-19-7-10-2-3-11(14)20-10/h2-3,9H,4-8H2,1H3. The van der Waals surface area contributed by atoms with Crippen molar-refractivity contribution in [3.05, 3.63) is 21.3 Å². The number of thiophene rings is 1. The lowest BCUT2D eigenvalue weighted by Crippen LogP contribution is -2.31. The molecule has 0 radical (unpaired) electrons. The smallest absolute Gasteiger partial charge is 0.310 e. The van der Waals surface area contributed by atoms with Crippen LogP contribution >= 0.6 is 34.7 Å². The van der Waals surface area contributed by atoms with Gasteiger partial charge in [-0.25, -0.2) is 0 Å². The van der Waals surface area contributed by atoms with Gasteiger partial charge in [0.2, 0.25) is 5.91 Å². The molecule has 4 nitrogen and oxygen atoms in total. The Kier molecular flexibility index (Phi) is 5.74. The maximum atomic E-state index is 12.0. The van der Waals surface area contributed by atoms with Crippen molar-refractivity contribution >= 4 is 46.6 Å². The lowest BCUT2D eigenvalue weighted by molar-refractivity contribution is -0.145. The van der Waals surface area contributed by atoms with E-state index in [4.69, 9.17) is 16.3 Å². The van der Waals surface area contributed by atoms with Gasteiger partial charge in [0.05, 0.1) is 23.1 Å². The van der Waals surface area contributed by atoms with Crippen LogP contribution in [0.2, 0.25) is 4.34 Å². The number of thioether (sulfide) groups is 1. The number of methoxy groups -OCH3 is 1. The van der Waals surface area contributed by atoms with Gasteiger partial charge >= 0.3 is 5.97 Å². The molecule has 2 heterocycles. The van der Waals surface area contributed by atoms with E-state index in [1.54, 1.807) is 16.7 Å². The summed E-state index contributed by atoms with van der Waals surface area (Å²) >= 11 is 8.97. The van der Waals surface area contributed by atoms with Crippen LogP contribution in [0.15, 0.2) is 12.1 Å². The van der Waals surface area contributed by atoms with Crippen molar-refractivity contribution in [1.82, 2.24) is 4.90 Å². The normalized spacial score (nSPS) is 18.3. The molecular weight excluding hydrogens is 318 g/mol. The van der Waals surface area contributed by atoms with E-state index in [0.717, 1.165) is 10.1 Å². The van der Waals surface area contributed by atoms with Gasteiger partial charge in [0.25, 0.3) is 0 Å². The Morgan fingerprint density at radius 3 is 3.00 bits per heavy atom. The quantitative estimate of drug-likeness (QED) is 0.777. The number of hydrogen-bond donors (Lipinski definition) is 0. The topological polar surface area (TPSA) is 46.6 Å². The van der Waals surface area contributed by atoms with Crippen molar-refractivity contribution < 1.29 is 14.3 Å². The van der Waals surface area contributed by atoms with Crippen LogP contribution in [0.3, 0.4) is 0 Å². The van der Waals surface area contributed by atoms with Gasteiger partial charge < -0.3 is 9.64 Å². The molecule has 1 amide bonds. The molecule has 1 aliphatic heterocycles. The van der Waals surface area contributed by atoms with Gasteiger partial charge in [0.1, 0.15) is 0 Å². The average molecular weight is 334 g/mol. The fourth-order valence-corrected chi connectivity index (χ4v) is 4.23. The Balaban J connectivity index is 1.72. The Morgan fingerprint density at radius 2 is 2.35 bits per heavy atom. The molecular formula is C13H16ClNO3S2. The fraction of sp³-hybridized carbons (Fsp3) is 0.538. The van der Waals surface area contributed by atoms with Crippen LogP contribution in [0.25, 0.3) is 0 Å². The van der Waals surface area contributed by atoms with Crippen molar-refractivity contribution in [1.29, 1.82) is 0 Å². The number of ether oxygens (including phenoxy) is 1. The van der Waals surface area contributed by atoms with Gasteiger partial charge in [0.15, 0.2) is 0 Å². The molecule has 20 heavy (non-hydrogen) atoms. The Labute approximate surface area is 131 Å². The molecule has 2 rings (SSSR count). The molecule has 7 heteroatoms. The highest BCUT2D eigenvalue weighted by molar-refractivity contribution is 7.99. The Hall–Kier alpha value is -0.720. The Bertz CT molecular complexity index is 492. The molecule has 0 aliphatic carbocycles. The summed E-state index contributed by atoms with van der Waals surface area (Å²) in [6, 6.07) is 3.85. The SMILES string of the molecule is COC(=O)C1CCN(C(=O)CSCc2ccc(Cl)s2)C1. The summed E-state index contributed by atoms with van der Waals surface area (Å²) in [5.41, 5.74) is 0. The fourth-order valence-electron chi connectivity index (χ4n) is 2.11. The average Bonchev–Trinajstić information content (AvgIpc) is 3.07. The number of nitrogens with zero attached hydrogens (tertiary/aromatic N) is 1. The molecule has 1 atom stereocenters. The predicted molar refractivity (Wildman–Crippen MR) is 82.2 cm³/mol. The Morgan fingerprint density at radius 1 is 1.55 bits per heavy atom. The maximum absolute atomic E-state index is 12.0. The minimum Gasteiger partial charge on any atom is -0.469 e. The van der Waals surface area contributed by atoms with E-state index in [0.29, 0.717) is 25.3 Å². The van der Waals surface area contributed by atoms with Crippen molar-refractivity contribution in [2.45, 2.75) is 12.2 Å². The molecule has 1 saturated heterocycles. The first-order valence-electron chi connectivity index (χ1n) is 6.27. The molecule has 1 fully saturated rings. The first-order chi connectivity index (χ1) is 9.60. The zero-order valence-electron chi connectivity index (χ0n) is 11.1. The van der Waals surface area contributed by atoms with Crippen molar-refractivity contribution in [3.63, 3.8) is 0 Å². The van der Waals surface area contributed by atoms with E-state index in [-0.39, 0.29) is 17.8 Å². The molecule has 1 aromatic rings. The highest BCUT2D eigenvalue weighted by Crippen LogP contribution is 2.25. The van der Waals surface area contributed by atoms with Crippen LogP contribution in [0, 0.1) is 5.92 Å². The lowest BCUT2D eigenvalue weighted by Gasteiger charge is -2.15. The van der Waals surface area contributed by atoms with E-state index in [9.17, 15) is 9.59 Å². The van der Waals surface area contributed by atoms with Gasteiger partial charge in [-0.1, -0.05) is 11.6 Å². The molecule has 1 unspecified atom stereocenters. The highest BCUT2D eigenvalue weighted by Gasteiger charge is 2.31. The summed E-state index contributed by atoms with van der Waals surface area (Å²) in [5, 5.41) is 0. The van der Waals surface area contributed by atoms with Gasteiger partial charge in [0, 0.05) is 23.7 Å². The van der Waals surface area contributed by atoms with Crippen LogP contribution in [-0.2, 0) is 20.1 Å². The molecule has 1 aliphatic rings. The number of esters is 1. The van der Waals surface area contributed by atoms with Gasteiger partial charge in [-0.3, -0.25) is 9.59 Å². The molecule has 0 N–H and O–H groups in total. The van der Waals surface area contributed by atoms with Gasteiger partial charge in [-0.2, -0.15) is 0 Å². The summed E-state index contributed by atoms with van der Waals surface area (Å²) in [4.78, 5) is 26.3. The number of rotatable bonds is 5. The molecule has 110 valence electrons. The van der Waals surface area contributed by atoms with E-state index < -0.39 is 0 Å². The van der Waals surface area contributed by atoms with Gasteiger partial charge in [-0.15, -0.1) is 23.1 Å². The number of carbonyl (C=O) groups excluding carboxylic acids is 2. The largest absolute Gasteiger partial charge is 0.469 e. The van der Waals surface area contributed by atoms with Gasteiger partial charge in [-0.05, 0) is 18.6 Å². The third-order valence-electron chi connectivity index (χ3n) is 3.17. The number of halogens is 1. The minimum atomic E-state index is -0.221. The summed E-state index contributed by atoms with van der Waals surface area (Å²) < 4.78 is 5.48. The number of likely N-dealkylation sites (tertiary alicyclic amines) is 1. The third kappa shape index (κ3) is 4.14. The molecule has 0 aromatic carbocycles. The monoisotopic (exact) mass is 333 g/mol. The van der Waals surface area contributed by atoms with E-state index in [1.165, 1.54) is 23.3 Å². The number of amides is 1. The second kappa shape index (κ2) is 7.33. The third-order valence-corrected chi connectivity index (χ3v) is 5.55. The molecule has 0 spiro atoms. The summed E-state index contributed by atoms with van der Waals surface area (Å²) in [5.74, 6) is 0.927. The zero-order valence-corrected chi connectivity index (χ0v) is 13.5. The van der Waals surface area contributed by atoms with Crippen LogP contribution in [0.1, 0.15) is 11.3 Å². The summed E-state index contributed by atoms with van der Waals surface area (Å²) in [7, 11) is 1.38. The predicted octanol–water partition coefficient (Wildman–Crippen LogP) is 2.66. The van der Waals surface area contributed by atoms with E-state index >= 15 is 0 Å². The first kappa shape index (κ1) is 15.7.